The summed E-state index contributed by atoms with van der Waals surface area (Å²) in [5, 5.41) is 0.507. The summed E-state index contributed by atoms with van der Waals surface area (Å²) in [6.07, 6.45) is 0. The Labute approximate surface area is 130 Å². The summed E-state index contributed by atoms with van der Waals surface area (Å²) >= 11 is 11.6. The monoisotopic (exact) mass is 326 g/mol. The molecule has 0 aliphatic carbocycles. The van der Waals surface area contributed by atoms with Crippen molar-refractivity contribution in [2.24, 2.45) is 0 Å². The molecule has 0 saturated carbocycles. The van der Waals surface area contributed by atoms with E-state index in [0.717, 1.165) is 0 Å². The van der Waals surface area contributed by atoms with Crippen molar-refractivity contribution in [3.05, 3.63) is 64.1 Å². The first-order valence-corrected chi connectivity index (χ1v) is 7.92. The van der Waals surface area contributed by atoms with Crippen LogP contribution in [0.1, 0.15) is 17.3 Å². The van der Waals surface area contributed by atoms with Crippen molar-refractivity contribution < 1.29 is 9.00 Å². The number of Topliss-reactive ketones (excluding diaryl/α,β-unsaturated/α-hetero) is 1. The summed E-state index contributed by atoms with van der Waals surface area (Å²) in [5.41, 5.74) is 0.504. The Morgan fingerprint density at radius 3 is 1.90 bits per heavy atom. The van der Waals surface area contributed by atoms with Gasteiger partial charge in [0, 0.05) is 20.5 Å². The molecule has 0 spiro atoms. The molecule has 2 nitrogen and oxygen atoms in total. The van der Waals surface area contributed by atoms with Crippen molar-refractivity contribution in [2.75, 3.05) is 0 Å². The molecule has 0 saturated heterocycles. The molecular weight excluding hydrogens is 315 g/mol. The van der Waals surface area contributed by atoms with Gasteiger partial charge in [0.1, 0.15) is 0 Å². The molecule has 0 fully saturated rings. The van der Waals surface area contributed by atoms with Crippen LogP contribution >= 0.6 is 23.2 Å². The molecule has 0 aliphatic rings. The van der Waals surface area contributed by atoms with Gasteiger partial charge in [-0.2, -0.15) is 0 Å². The molecule has 0 bridgehead atoms. The highest BCUT2D eigenvalue weighted by Crippen LogP contribution is 2.19. The smallest absolute Gasteiger partial charge is 0.178 e. The fourth-order valence-corrected chi connectivity index (χ4v) is 3.11. The molecule has 0 N–H and O–H groups in total. The Morgan fingerprint density at radius 1 is 0.950 bits per heavy atom. The standard InChI is InChI=1S/C15H12Cl2O2S/c1-10(15(18)11-2-4-12(16)5-3-11)20(19)14-8-6-13(17)7-9-14/h2-10H,1H3. The van der Waals surface area contributed by atoms with Crippen molar-refractivity contribution in [3.8, 4) is 0 Å². The first-order chi connectivity index (χ1) is 9.49. The van der Waals surface area contributed by atoms with E-state index in [4.69, 9.17) is 23.2 Å². The molecule has 2 rings (SSSR count). The van der Waals surface area contributed by atoms with Gasteiger partial charge in [0.2, 0.25) is 0 Å². The molecule has 5 heteroatoms. The van der Waals surface area contributed by atoms with E-state index in [1.165, 1.54) is 0 Å². The van der Waals surface area contributed by atoms with Crippen molar-refractivity contribution >= 4 is 39.8 Å². The molecule has 2 atom stereocenters. The van der Waals surface area contributed by atoms with Crippen molar-refractivity contribution in [3.63, 3.8) is 0 Å². The van der Waals surface area contributed by atoms with E-state index in [-0.39, 0.29) is 5.78 Å². The van der Waals surface area contributed by atoms with Gasteiger partial charge in [0.05, 0.1) is 16.0 Å². The molecule has 2 aromatic carbocycles. The number of hydrogen-bond acceptors (Lipinski definition) is 2. The average molecular weight is 327 g/mol. The number of halogens is 2. The summed E-state index contributed by atoms with van der Waals surface area (Å²) in [6.45, 7) is 1.65. The molecular formula is C15H12Cl2O2S. The predicted octanol–water partition coefficient (Wildman–Crippen LogP) is 4.37. The normalized spacial score (nSPS) is 13.8. The van der Waals surface area contributed by atoms with Gasteiger partial charge in [-0.1, -0.05) is 23.2 Å². The van der Waals surface area contributed by atoms with Crippen molar-refractivity contribution in [2.45, 2.75) is 17.1 Å². The first kappa shape index (κ1) is 15.2. The van der Waals surface area contributed by atoms with Crippen LogP contribution in [0.2, 0.25) is 10.0 Å². The highest BCUT2D eigenvalue weighted by Gasteiger charge is 2.22. The van der Waals surface area contributed by atoms with Gasteiger partial charge < -0.3 is 0 Å². The van der Waals surface area contributed by atoms with Crippen LogP contribution in [0.4, 0.5) is 0 Å². The van der Waals surface area contributed by atoms with E-state index in [2.05, 4.69) is 0 Å². The van der Waals surface area contributed by atoms with Gasteiger partial charge >= 0.3 is 0 Å². The highest BCUT2D eigenvalue weighted by molar-refractivity contribution is 7.86. The van der Waals surface area contributed by atoms with E-state index >= 15 is 0 Å². The van der Waals surface area contributed by atoms with Crippen LogP contribution in [0, 0.1) is 0 Å². The predicted molar refractivity (Wildman–Crippen MR) is 83.1 cm³/mol. The lowest BCUT2D eigenvalue weighted by Crippen LogP contribution is -2.22. The van der Waals surface area contributed by atoms with E-state index in [1.54, 1.807) is 55.5 Å². The van der Waals surface area contributed by atoms with Gasteiger partial charge in [0.15, 0.2) is 5.78 Å². The SMILES string of the molecule is CC(C(=O)c1ccc(Cl)cc1)S(=O)c1ccc(Cl)cc1. The number of benzene rings is 2. The Hall–Kier alpha value is -1.16. The summed E-state index contributed by atoms with van der Waals surface area (Å²) in [6, 6.07) is 13.2. The second kappa shape index (κ2) is 6.53. The third-order valence-electron chi connectivity index (χ3n) is 2.87. The van der Waals surface area contributed by atoms with Crippen molar-refractivity contribution in [1.82, 2.24) is 0 Å². The van der Waals surface area contributed by atoms with Gasteiger partial charge in [-0.3, -0.25) is 9.00 Å². The quantitative estimate of drug-likeness (QED) is 0.781. The molecule has 20 heavy (non-hydrogen) atoms. The number of carbonyl (C=O) groups is 1. The Balaban J connectivity index is 2.20. The summed E-state index contributed by atoms with van der Waals surface area (Å²) < 4.78 is 12.4. The summed E-state index contributed by atoms with van der Waals surface area (Å²) in [5.74, 6) is -0.171. The minimum absolute atomic E-state index is 0.171. The maximum absolute atomic E-state index is 12.4. The fraction of sp³-hybridized carbons (Fsp3) is 0.133. The third-order valence-corrected chi connectivity index (χ3v) is 4.96. The van der Waals surface area contributed by atoms with Crippen LogP contribution in [0.15, 0.2) is 53.4 Å². The van der Waals surface area contributed by atoms with Crippen LogP contribution in [0.25, 0.3) is 0 Å². The number of carbonyl (C=O) groups excluding carboxylic acids is 1. The molecule has 104 valence electrons. The number of ketones is 1. The minimum Gasteiger partial charge on any atom is -0.293 e. The molecule has 0 heterocycles. The maximum Gasteiger partial charge on any atom is 0.178 e. The maximum atomic E-state index is 12.4. The van der Waals surface area contributed by atoms with E-state index < -0.39 is 16.0 Å². The van der Waals surface area contributed by atoms with Crippen LogP contribution < -0.4 is 0 Å². The zero-order valence-corrected chi connectivity index (χ0v) is 13.0. The Morgan fingerprint density at radius 2 is 1.40 bits per heavy atom. The third kappa shape index (κ3) is 3.48. The molecule has 2 unspecified atom stereocenters. The molecule has 2 aromatic rings. The zero-order chi connectivity index (χ0) is 14.7. The molecule has 0 radical (unpaired) electrons. The molecule has 0 aromatic heterocycles. The zero-order valence-electron chi connectivity index (χ0n) is 10.7. The highest BCUT2D eigenvalue weighted by atomic mass is 35.5. The van der Waals surface area contributed by atoms with Crippen molar-refractivity contribution in [1.29, 1.82) is 0 Å². The van der Waals surface area contributed by atoms with E-state index in [9.17, 15) is 9.00 Å². The van der Waals surface area contributed by atoms with Crippen LogP contribution in [-0.4, -0.2) is 15.2 Å². The lowest BCUT2D eigenvalue weighted by atomic mass is 10.1. The lowest BCUT2D eigenvalue weighted by molar-refractivity contribution is 0.0992. The summed E-state index contributed by atoms with van der Waals surface area (Å²) in [4.78, 5) is 12.9. The van der Waals surface area contributed by atoms with E-state index in [0.29, 0.717) is 20.5 Å². The average Bonchev–Trinajstić information content (AvgIpc) is 2.46. The van der Waals surface area contributed by atoms with Crippen LogP contribution in [0.5, 0.6) is 0 Å². The number of rotatable bonds is 4. The minimum atomic E-state index is -1.41. The molecule has 0 aliphatic heterocycles. The number of hydrogen-bond donors (Lipinski definition) is 0. The largest absolute Gasteiger partial charge is 0.293 e. The fourth-order valence-electron chi connectivity index (χ4n) is 1.72. The lowest BCUT2D eigenvalue weighted by Gasteiger charge is -2.11. The van der Waals surface area contributed by atoms with Gasteiger partial charge in [-0.15, -0.1) is 0 Å². The Kier molecular flexibility index (Phi) is 4.97. The second-order valence-electron chi connectivity index (χ2n) is 4.26. The van der Waals surface area contributed by atoms with Crippen LogP contribution in [-0.2, 0) is 10.8 Å². The first-order valence-electron chi connectivity index (χ1n) is 5.95. The van der Waals surface area contributed by atoms with Gasteiger partial charge in [0.25, 0.3) is 0 Å². The van der Waals surface area contributed by atoms with Crippen LogP contribution in [0.3, 0.4) is 0 Å². The summed E-state index contributed by atoms with van der Waals surface area (Å²) in [7, 11) is -1.41. The van der Waals surface area contributed by atoms with Gasteiger partial charge in [-0.05, 0) is 55.5 Å². The topological polar surface area (TPSA) is 34.1 Å². The van der Waals surface area contributed by atoms with Gasteiger partial charge in [-0.25, -0.2) is 0 Å². The second-order valence-corrected chi connectivity index (χ2v) is 6.91. The molecule has 0 amide bonds. The van der Waals surface area contributed by atoms with E-state index in [1.807, 2.05) is 0 Å². The Bertz CT molecular complexity index is 578.